The van der Waals surface area contributed by atoms with Crippen LogP contribution in [0.15, 0.2) is 218 Å². The number of phenols is 1. The lowest BCUT2D eigenvalue weighted by Gasteiger charge is -2.35. The Hall–Kier alpha value is -7.42. The average Bonchev–Trinajstić information content (AvgIpc) is 3.75. The zero-order chi connectivity index (χ0) is 40.4. The van der Waals surface area contributed by atoms with E-state index >= 15 is 0 Å². The van der Waals surface area contributed by atoms with E-state index in [1.807, 2.05) is 6.07 Å². The highest BCUT2D eigenvalue weighted by Crippen LogP contribution is 2.61. The first-order valence-corrected chi connectivity index (χ1v) is 20.8. The first-order valence-electron chi connectivity index (χ1n) is 20.8. The van der Waals surface area contributed by atoms with Gasteiger partial charge in [-0.2, -0.15) is 0 Å². The van der Waals surface area contributed by atoms with Gasteiger partial charge in [-0.05, 0) is 103 Å². The van der Waals surface area contributed by atoms with Gasteiger partial charge in [0.2, 0.25) is 0 Å². The molecule has 0 heterocycles. The van der Waals surface area contributed by atoms with E-state index in [1.165, 1.54) is 33.4 Å². The summed E-state index contributed by atoms with van der Waals surface area (Å²) < 4.78 is 0. The molecule has 0 spiro atoms. The Morgan fingerprint density at radius 2 is 0.883 bits per heavy atom. The second-order valence-corrected chi connectivity index (χ2v) is 16.6. The smallest absolute Gasteiger partial charge is 0.123 e. The van der Waals surface area contributed by atoms with Gasteiger partial charge in [0.15, 0.2) is 0 Å². The van der Waals surface area contributed by atoms with E-state index in [4.69, 9.17) is 0 Å². The van der Waals surface area contributed by atoms with Crippen LogP contribution in [0.5, 0.6) is 5.75 Å². The standard InChI is InChI=1S/C58H43NO/c1-57(2)50-27-15-12-25-47(50)48-35-34-44(38-52(48)57)59(53-29-17-14-24-45(53)39-18-6-3-7-19-39)43-32-30-40(31-33-43)46-36-37-54(60)55-49-26-13-16-28-51(49)58(56(46)55,41-20-8-4-9-21-41)42-22-10-5-11-23-42/h3-38,60H,1-2H3. The van der Waals surface area contributed by atoms with Crippen molar-refractivity contribution in [3.8, 4) is 50.3 Å². The largest absolute Gasteiger partial charge is 0.507 e. The molecule has 0 aromatic heterocycles. The molecule has 60 heavy (non-hydrogen) atoms. The van der Waals surface area contributed by atoms with Crippen LogP contribution < -0.4 is 4.90 Å². The van der Waals surface area contributed by atoms with Crippen molar-refractivity contribution in [3.63, 3.8) is 0 Å². The third kappa shape index (κ3) is 5.27. The predicted molar refractivity (Wildman–Crippen MR) is 249 cm³/mol. The lowest BCUT2D eigenvalue weighted by molar-refractivity contribution is 0.477. The first-order chi connectivity index (χ1) is 29.5. The summed E-state index contributed by atoms with van der Waals surface area (Å²) >= 11 is 0. The van der Waals surface area contributed by atoms with Crippen LogP contribution >= 0.6 is 0 Å². The molecule has 9 aromatic rings. The zero-order valence-corrected chi connectivity index (χ0v) is 33.7. The van der Waals surface area contributed by atoms with E-state index in [0.29, 0.717) is 0 Å². The Bertz CT molecular complexity index is 3020. The van der Waals surface area contributed by atoms with E-state index in [9.17, 15) is 5.11 Å². The molecular formula is C58H43NO. The summed E-state index contributed by atoms with van der Waals surface area (Å²) in [5.41, 5.74) is 18.8. The van der Waals surface area contributed by atoms with Gasteiger partial charge in [-0.15, -0.1) is 0 Å². The Kier molecular flexibility index (Phi) is 8.25. The fraction of sp³-hybridized carbons (Fsp3) is 0.0690. The molecule has 9 aromatic carbocycles. The number of rotatable bonds is 7. The van der Waals surface area contributed by atoms with Gasteiger partial charge in [0, 0.05) is 27.9 Å². The number of aromatic hydroxyl groups is 1. The number of hydrogen-bond acceptors (Lipinski definition) is 2. The van der Waals surface area contributed by atoms with Gasteiger partial charge in [0.1, 0.15) is 5.75 Å². The van der Waals surface area contributed by atoms with Crippen LogP contribution in [-0.2, 0) is 10.8 Å². The Balaban J connectivity index is 1.12. The maximum Gasteiger partial charge on any atom is 0.123 e. The Morgan fingerprint density at radius 1 is 0.383 bits per heavy atom. The molecule has 1 N–H and O–H groups in total. The normalized spacial score (nSPS) is 13.8. The van der Waals surface area contributed by atoms with Gasteiger partial charge in [-0.1, -0.05) is 196 Å². The predicted octanol–water partition coefficient (Wildman–Crippen LogP) is 14.9. The number of phenolic OH excluding ortho intramolecular Hbond substituents is 1. The van der Waals surface area contributed by atoms with E-state index in [1.54, 1.807) is 0 Å². The molecule has 2 aliphatic rings. The van der Waals surface area contributed by atoms with Gasteiger partial charge in [0.05, 0.1) is 11.1 Å². The molecule has 0 unspecified atom stereocenters. The van der Waals surface area contributed by atoms with Crippen LogP contribution in [0.3, 0.4) is 0 Å². The molecule has 2 aliphatic carbocycles. The SMILES string of the molecule is CC1(C)c2ccccc2-c2ccc(N(c3ccc(-c4ccc(O)c5c4C(c4ccccc4)(c4ccccc4)c4ccccc4-5)cc3)c3ccccc3-c3ccccc3)cc21. The second-order valence-electron chi connectivity index (χ2n) is 16.6. The fourth-order valence-electron chi connectivity index (χ4n) is 10.4. The van der Waals surface area contributed by atoms with Crippen molar-refractivity contribution in [2.75, 3.05) is 4.90 Å². The van der Waals surface area contributed by atoms with Crippen LogP contribution in [0.2, 0.25) is 0 Å². The lowest BCUT2D eigenvalue weighted by Crippen LogP contribution is -2.29. The first kappa shape index (κ1) is 35.7. The van der Waals surface area contributed by atoms with Crippen LogP contribution in [0.1, 0.15) is 47.2 Å². The topological polar surface area (TPSA) is 23.5 Å². The summed E-state index contributed by atoms with van der Waals surface area (Å²) in [5.74, 6) is 0.289. The second kappa shape index (κ2) is 13.9. The van der Waals surface area contributed by atoms with Gasteiger partial charge in [0.25, 0.3) is 0 Å². The highest BCUT2D eigenvalue weighted by Gasteiger charge is 2.48. The summed E-state index contributed by atoms with van der Waals surface area (Å²) in [5, 5.41) is 11.8. The van der Waals surface area contributed by atoms with E-state index < -0.39 is 5.41 Å². The van der Waals surface area contributed by atoms with Crippen molar-refractivity contribution in [1.82, 2.24) is 0 Å². The van der Waals surface area contributed by atoms with Crippen molar-refractivity contribution >= 4 is 17.1 Å². The minimum atomic E-state index is -0.656. The molecule has 286 valence electrons. The number of benzene rings is 9. The third-order valence-electron chi connectivity index (χ3n) is 13.1. The van der Waals surface area contributed by atoms with Crippen LogP contribution in [0, 0.1) is 0 Å². The van der Waals surface area contributed by atoms with Crippen LogP contribution in [0.25, 0.3) is 44.5 Å². The number of anilines is 3. The highest BCUT2D eigenvalue weighted by atomic mass is 16.3. The van der Waals surface area contributed by atoms with E-state index in [-0.39, 0.29) is 11.2 Å². The van der Waals surface area contributed by atoms with Crippen LogP contribution in [0.4, 0.5) is 17.1 Å². The monoisotopic (exact) mass is 769 g/mol. The molecule has 0 saturated carbocycles. The van der Waals surface area contributed by atoms with Crippen molar-refractivity contribution < 1.29 is 5.11 Å². The molecule has 0 saturated heterocycles. The maximum atomic E-state index is 11.8. The van der Waals surface area contributed by atoms with E-state index in [0.717, 1.165) is 61.6 Å². The summed E-state index contributed by atoms with van der Waals surface area (Å²) in [6.45, 7) is 4.69. The van der Waals surface area contributed by atoms with E-state index in [2.05, 4.69) is 231 Å². The van der Waals surface area contributed by atoms with Crippen molar-refractivity contribution in [1.29, 1.82) is 0 Å². The maximum absolute atomic E-state index is 11.8. The molecule has 0 atom stereocenters. The molecule has 0 bridgehead atoms. The number of hydrogen-bond donors (Lipinski definition) is 1. The van der Waals surface area contributed by atoms with Gasteiger partial charge in [-0.3, -0.25) is 0 Å². The van der Waals surface area contributed by atoms with Crippen molar-refractivity contribution in [3.05, 3.63) is 252 Å². The Morgan fingerprint density at radius 3 is 1.57 bits per heavy atom. The molecule has 2 heteroatoms. The van der Waals surface area contributed by atoms with Gasteiger partial charge < -0.3 is 10.0 Å². The Labute approximate surface area is 352 Å². The van der Waals surface area contributed by atoms with Crippen molar-refractivity contribution in [2.24, 2.45) is 0 Å². The molecule has 0 amide bonds. The number of para-hydroxylation sites is 1. The molecule has 11 rings (SSSR count). The number of nitrogens with zero attached hydrogens (tertiary/aromatic N) is 1. The summed E-state index contributed by atoms with van der Waals surface area (Å²) in [7, 11) is 0. The minimum Gasteiger partial charge on any atom is -0.507 e. The zero-order valence-electron chi connectivity index (χ0n) is 33.7. The quantitative estimate of drug-likeness (QED) is 0.174. The molecule has 0 radical (unpaired) electrons. The average molecular weight is 770 g/mol. The molecular weight excluding hydrogens is 727 g/mol. The summed E-state index contributed by atoms with van der Waals surface area (Å²) in [4.78, 5) is 2.42. The molecule has 2 nitrogen and oxygen atoms in total. The number of fused-ring (bicyclic) bond motifs is 6. The third-order valence-corrected chi connectivity index (χ3v) is 13.1. The lowest BCUT2D eigenvalue weighted by atomic mass is 9.66. The van der Waals surface area contributed by atoms with Gasteiger partial charge in [-0.25, -0.2) is 0 Å². The molecule has 0 aliphatic heterocycles. The van der Waals surface area contributed by atoms with Crippen LogP contribution in [-0.4, -0.2) is 5.11 Å². The summed E-state index contributed by atoms with van der Waals surface area (Å²) in [6.07, 6.45) is 0. The molecule has 0 fully saturated rings. The minimum absolute atomic E-state index is 0.142. The fourth-order valence-corrected chi connectivity index (χ4v) is 10.4. The summed E-state index contributed by atoms with van der Waals surface area (Å²) in [6, 6.07) is 78.5. The van der Waals surface area contributed by atoms with Crippen molar-refractivity contribution in [2.45, 2.75) is 24.7 Å². The highest BCUT2D eigenvalue weighted by molar-refractivity contribution is 5.96. The van der Waals surface area contributed by atoms with Gasteiger partial charge >= 0.3 is 0 Å².